The third-order valence-electron chi connectivity index (χ3n) is 2.87. The molecule has 0 amide bonds. The molecule has 16 heavy (non-hydrogen) atoms. The Morgan fingerprint density at radius 2 is 2.00 bits per heavy atom. The Hall–Kier alpha value is -0.900. The number of rotatable bonds is 1. The molecule has 1 atom stereocenters. The maximum atomic E-state index is 4.52. The summed E-state index contributed by atoms with van der Waals surface area (Å²) in [5.74, 6) is 0.905. The van der Waals surface area contributed by atoms with Crippen molar-refractivity contribution < 1.29 is 0 Å². The van der Waals surface area contributed by atoms with Crippen LogP contribution >= 0.6 is 0 Å². The van der Waals surface area contributed by atoms with Crippen LogP contribution < -0.4 is 0 Å². The summed E-state index contributed by atoms with van der Waals surface area (Å²) in [5, 5.41) is 0. The van der Waals surface area contributed by atoms with Crippen LogP contribution in [-0.4, -0.2) is 60.7 Å². The van der Waals surface area contributed by atoms with E-state index in [0.29, 0.717) is 6.04 Å². The van der Waals surface area contributed by atoms with Gasteiger partial charge in [-0.05, 0) is 34.7 Å². The van der Waals surface area contributed by atoms with Crippen LogP contribution in [0.4, 0.5) is 0 Å². The van der Waals surface area contributed by atoms with Crippen molar-refractivity contribution in [2.24, 2.45) is 9.98 Å². The summed E-state index contributed by atoms with van der Waals surface area (Å²) < 4.78 is 0. The fourth-order valence-electron chi connectivity index (χ4n) is 1.78. The summed E-state index contributed by atoms with van der Waals surface area (Å²) in [7, 11) is 2.17. The first-order valence-electron chi connectivity index (χ1n) is 6.06. The lowest BCUT2D eigenvalue weighted by Crippen LogP contribution is -2.51. The van der Waals surface area contributed by atoms with Crippen LogP contribution in [0.2, 0.25) is 0 Å². The average molecular weight is 224 g/mol. The van der Waals surface area contributed by atoms with Crippen LogP contribution in [0.1, 0.15) is 27.7 Å². The van der Waals surface area contributed by atoms with E-state index in [1.165, 1.54) is 0 Å². The van der Waals surface area contributed by atoms with E-state index in [-0.39, 0.29) is 0 Å². The molecule has 1 fully saturated rings. The molecule has 1 aliphatic rings. The maximum Gasteiger partial charge on any atom is 0.220 e. The first-order chi connectivity index (χ1) is 7.54. The Balaban J connectivity index is 2.73. The first-order valence-corrected chi connectivity index (χ1v) is 6.06. The van der Waals surface area contributed by atoms with Crippen LogP contribution in [0.15, 0.2) is 9.98 Å². The molecule has 0 unspecified atom stereocenters. The molecule has 0 saturated carbocycles. The second kappa shape index (κ2) is 5.99. The van der Waals surface area contributed by atoms with E-state index in [2.05, 4.69) is 40.7 Å². The molecule has 1 heterocycles. The zero-order valence-corrected chi connectivity index (χ0v) is 11.2. The number of nitrogens with zero attached hydrogens (tertiary/aromatic N) is 4. The molecule has 4 nitrogen and oxygen atoms in total. The van der Waals surface area contributed by atoms with Gasteiger partial charge in [-0.3, -0.25) is 4.99 Å². The van der Waals surface area contributed by atoms with Gasteiger partial charge in [0.25, 0.3) is 0 Å². The van der Waals surface area contributed by atoms with Crippen LogP contribution in [0, 0.1) is 0 Å². The average Bonchev–Trinajstić information content (AvgIpc) is 2.21. The van der Waals surface area contributed by atoms with Crippen LogP contribution in [0.3, 0.4) is 0 Å². The summed E-state index contributed by atoms with van der Waals surface area (Å²) in [6.45, 7) is 12.3. The van der Waals surface area contributed by atoms with E-state index < -0.39 is 0 Å². The Kier molecular flexibility index (Phi) is 4.93. The molecule has 0 N–H and O–H groups in total. The van der Waals surface area contributed by atoms with Crippen molar-refractivity contribution in [1.29, 1.82) is 0 Å². The molecule has 0 aromatic carbocycles. The van der Waals surface area contributed by atoms with Crippen LogP contribution in [0.25, 0.3) is 0 Å². The standard InChI is InChI=1S/C12H24N4/c1-6-13-12(14-10(2)3)16-8-7-15(5)11(4)9-16/h11H,6-9H2,1-5H3/t11-/m0/s1. The lowest BCUT2D eigenvalue weighted by atomic mass is 10.2. The minimum absolute atomic E-state index is 0.572. The lowest BCUT2D eigenvalue weighted by Gasteiger charge is -2.38. The predicted octanol–water partition coefficient (Wildman–Crippen LogP) is 1.48. The van der Waals surface area contributed by atoms with E-state index in [4.69, 9.17) is 0 Å². The van der Waals surface area contributed by atoms with E-state index in [1.54, 1.807) is 0 Å². The molecule has 0 aromatic heterocycles. The second-order valence-electron chi connectivity index (χ2n) is 4.61. The van der Waals surface area contributed by atoms with Crippen molar-refractivity contribution in [3.63, 3.8) is 0 Å². The fourth-order valence-corrected chi connectivity index (χ4v) is 1.78. The smallest absolute Gasteiger partial charge is 0.220 e. The van der Waals surface area contributed by atoms with Crippen molar-refractivity contribution in [3.05, 3.63) is 0 Å². The molecule has 0 spiro atoms. The number of piperazine rings is 1. The molecule has 1 saturated heterocycles. The van der Waals surface area contributed by atoms with E-state index in [1.807, 2.05) is 13.8 Å². The van der Waals surface area contributed by atoms with Crippen molar-refractivity contribution >= 4 is 11.7 Å². The van der Waals surface area contributed by atoms with E-state index in [9.17, 15) is 0 Å². The second-order valence-corrected chi connectivity index (χ2v) is 4.61. The largest absolute Gasteiger partial charge is 0.338 e. The van der Waals surface area contributed by atoms with Crippen LogP contribution in [0.5, 0.6) is 0 Å². The highest BCUT2D eigenvalue weighted by molar-refractivity contribution is 5.94. The van der Waals surface area contributed by atoms with Gasteiger partial charge in [0.1, 0.15) is 0 Å². The highest BCUT2D eigenvalue weighted by atomic mass is 15.3. The van der Waals surface area contributed by atoms with E-state index >= 15 is 0 Å². The zero-order chi connectivity index (χ0) is 12.1. The monoisotopic (exact) mass is 224 g/mol. The zero-order valence-electron chi connectivity index (χ0n) is 11.2. The molecule has 0 radical (unpaired) electrons. The molecule has 1 rings (SSSR count). The molecule has 92 valence electrons. The minimum Gasteiger partial charge on any atom is -0.338 e. The Labute approximate surface area is 99.1 Å². The number of hydrogen-bond acceptors (Lipinski definition) is 2. The van der Waals surface area contributed by atoms with Gasteiger partial charge in [0.15, 0.2) is 0 Å². The minimum atomic E-state index is 0.572. The summed E-state index contributed by atoms with van der Waals surface area (Å²) in [4.78, 5) is 13.7. The normalized spacial score (nSPS) is 23.4. The van der Waals surface area contributed by atoms with Gasteiger partial charge in [0.05, 0.1) is 0 Å². The van der Waals surface area contributed by atoms with Gasteiger partial charge in [0.2, 0.25) is 5.96 Å². The van der Waals surface area contributed by atoms with Gasteiger partial charge in [-0.1, -0.05) is 0 Å². The molecule has 0 aromatic rings. The first kappa shape index (κ1) is 13.2. The van der Waals surface area contributed by atoms with Gasteiger partial charge in [0, 0.05) is 37.9 Å². The number of guanidine groups is 1. The third-order valence-corrected chi connectivity index (χ3v) is 2.87. The van der Waals surface area contributed by atoms with Gasteiger partial charge in [-0.15, -0.1) is 0 Å². The molecule has 1 aliphatic heterocycles. The summed E-state index contributed by atoms with van der Waals surface area (Å²) >= 11 is 0. The third kappa shape index (κ3) is 3.59. The maximum absolute atomic E-state index is 4.52. The van der Waals surface area contributed by atoms with Crippen LogP contribution in [-0.2, 0) is 0 Å². The number of hydrogen-bond donors (Lipinski definition) is 0. The number of likely N-dealkylation sites (N-methyl/N-ethyl adjacent to an activating group) is 1. The molecule has 0 bridgehead atoms. The molecular formula is C12H24N4. The Morgan fingerprint density at radius 1 is 1.31 bits per heavy atom. The predicted molar refractivity (Wildman–Crippen MR) is 70.4 cm³/mol. The summed E-state index contributed by atoms with van der Waals surface area (Å²) in [6, 6.07) is 0.572. The Morgan fingerprint density at radius 3 is 2.50 bits per heavy atom. The molecular weight excluding hydrogens is 200 g/mol. The van der Waals surface area contributed by atoms with Gasteiger partial charge >= 0.3 is 0 Å². The lowest BCUT2D eigenvalue weighted by molar-refractivity contribution is 0.152. The van der Waals surface area contributed by atoms with E-state index in [0.717, 1.165) is 37.9 Å². The van der Waals surface area contributed by atoms with Crippen molar-refractivity contribution in [1.82, 2.24) is 9.80 Å². The van der Waals surface area contributed by atoms with Crippen molar-refractivity contribution in [2.75, 3.05) is 33.2 Å². The topological polar surface area (TPSA) is 31.2 Å². The number of aliphatic imine (C=N–C) groups is 2. The highest BCUT2D eigenvalue weighted by Gasteiger charge is 2.22. The molecule has 0 aliphatic carbocycles. The quantitative estimate of drug-likeness (QED) is 0.499. The van der Waals surface area contributed by atoms with Crippen molar-refractivity contribution in [3.8, 4) is 0 Å². The fraction of sp³-hybridized carbons (Fsp3) is 0.833. The SMILES string of the molecule is CCN=C(N=C(C)C)N1CCN(C)[C@@H](C)C1. The highest BCUT2D eigenvalue weighted by Crippen LogP contribution is 2.08. The van der Waals surface area contributed by atoms with Gasteiger partial charge < -0.3 is 9.80 Å². The summed E-state index contributed by atoms with van der Waals surface area (Å²) in [6.07, 6.45) is 0. The van der Waals surface area contributed by atoms with Gasteiger partial charge in [-0.25, -0.2) is 4.99 Å². The summed E-state index contributed by atoms with van der Waals surface area (Å²) in [5.41, 5.74) is 1.07. The Bertz CT molecular complexity index is 279. The van der Waals surface area contributed by atoms with Crippen molar-refractivity contribution in [2.45, 2.75) is 33.7 Å². The van der Waals surface area contributed by atoms with Gasteiger partial charge in [-0.2, -0.15) is 0 Å². The molecule has 4 heteroatoms.